The molecule has 32 heavy (non-hydrogen) atoms. The van der Waals surface area contributed by atoms with E-state index in [1.807, 2.05) is 10.3 Å². The maximum Gasteiger partial charge on any atom is 0.347 e. The van der Waals surface area contributed by atoms with Gasteiger partial charge in [-0.3, -0.25) is 4.79 Å². The fraction of sp³-hybridized carbons (Fsp3) is 0.368. The van der Waals surface area contributed by atoms with E-state index >= 15 is 0 Å². The average Bonchev–Trinajstić information content (AvgIpc) is 3.51. The average molecular weight is 516 g/mol. The minimum atomic E-state index is -1.01. The van der Waals surface area contributed by atoms with Crippen molar-refractivity contribution in [3.63, 3.8) is 0 Å². The fourth-order valence-corrected chi connectivity index (χ4v) is 5.15. The third kappa shape index (κ3) is 4.91. The third-order valence-electron chi connectivity index (χ3n) is 5.04. The highest BCUT2D eigenvalue weighted by atomic mass is 35.5. The summed E-state index contributed by atoms with van der Waals surface area (Å²) in [6.07, 6.45) is 3.25. The number of carbonyl (C=O) groups excluding carboxylic acids is 1. The van der Waals surface area contributed by atoms with E-state index in [1.165, 1.54) is 17.5 Å². The Kier molecular flexibility index (Phi) is 7.01. The number of aryl methyl sites for hydroxylation is 1. The Morgan fingerprint density at radius 3 is 2.81 bits per heavy atom. The Labute approximate surface area is 201 Å². The number of nitrogens with zero attached hydrogens (tertiary/aromatic N) is 3. The quantitative estimate of drug-likeness (QED) is 0.437. The molecule has 1 fully saturated rings. The number of anilines is 1. The summed E-state index contributed by atoms with van der Waals surface area (Å²) in [4.78, 5) is 37.6. The largest absolute Gasteiger partial charge is 0.477 e. The molecular weight excluding hydrogens is 497 g/mol. The van der Waals surface area contributed by atoms with Gasteiger partial charge in [0, 0.05) is 30.4 Å². The van der Waals surface area contributed by atoms with Gasteiger partial charge in [-0.1, -0.05) is 34.5 Å². The molecule has 2 unspecified atom stereocenters. The molecule has 1 amide bonds. The van der Waals surface area contributed by atoms with Gasteiger partial charge in [-0.2, -0.15) is 0 Å². The molecule has 9 nitrogen and oxygen atoms in total. The molecule has 170 valence electrons. The number of aromatic carboxylic acids is 1. The van der Waals surface area contributed by atoms with Crippen LogP contribution < -0.4 is 10.2 Å². The molecule has 0 aromatic carbocycles. The number of carbonyl (C=O) groups is 2. The zero-order valence-corrected chi connectivity index (χ0v) is 19.9. The Morgan fingerprint density at radius 2 is 2.19 bits per heavy atom. The minimum absolute atomic E-state index is 0.171. The van der Waals surface area contributed by atoms with Crippen LogP contribution in [0.1, 0.15) is 37.3 Å². The number of thiazole rings is 2. The lowest BCUT2D eigenvalue weighted by molar-refractivity contribution is 0.00960. The normalized spacial score (nSPS) is 18.7. The number of ether oxygens (including phenoxy) is 1. The molecule has 0 bridgehead atoms. The van der Waals surface area contributed by atoms with Crippen molar-refractivity contribution in [3.05, 3.63) is 49.1 Å². The Morgan fingerprint density at radius 1 is 1.38 bits per heavy atom. The van der Waals surface area contributed by atoms with E-state index in [0.717, 1.165) is 16.3 Å². The van der Waals surface area contributed by atoms with Crippen LogP contribution >= 0.6 is 45.9 Å². The molecule has 4 rings (SSSR count). The first kappa shape index (κ1) is 23.0. The molecule has 0 aliphatic carbocycles. The van der Waals surface area contributed by atoms with Gasteiger partial charge in [-0.25, -0.2) is 14.8 Å². The van der Waals surface area contributed by atoms with Gasteiger partial charge in [0.25, 0.3) is 5.91 Å². The van der Waals surface area contributed by atoms with Crippen LogP contribution in [0.5, 0.6) is 0 Å². The van der Waals surface area contributed by atoms with Gasteiger partial charge >= 0.3 is 5.97 Å². The second-order valence-corrected chi connectivity index (χ2v) is 9.90. The number of piperidine rings is 1. The van der Waals surface area contributed by atoms with Gasteiger partial charge in [0.1, 0.15) is 15.6 Å². The first-order valence-corrected chi connectivity index (χ1v) is 12.1. The van der Waals surface area contributed by atoms with Crippen molar-refractivity contribution in [2.24, 2.45) is 0 Å². The second kappa shape index (κ2) is 9.75. The van der Waals surface area contributed by atoms with Gasteiger partial charge in [0.05, 0.1) is 35.0 Å². The number of rotatable bonds is 7. The highest BCUT2D eigenvalue weighted by Crippen LogP contribution is 2.30. The molecular formula is C19H19Cl2N5O4S2. The molecule has 2 atom stereocenters. The monoisotopic (exact) mass is 515 g/mol. The van der Waals surface area contributed by atoms with Crippen LogP contribution in [-0.2, 0) is 11.3 Å². The maximum absolute atomic E-state index is 12.9. The van der Waals surface area contributed by atoms with E-state index in [2.05, 4.69) is 20.3 Å². The van der Waals surface area contributed by atoms with E-state index in [-0.39, 0.29) is 33.6 Å². The van der Waals surface area contributed by atoms with Crippen molar-refractivity contribution in [2.75, 3.05) is 18.0 Å². The van der Waals surface area contributed by atoms with Crippen LogP contribution in [0.4, 0.5) is 5.13 Å². The predicted octanol–water partition coefficient (Wildman–Crippen LogP) is 3.84. The van der Waals surface area contributed by atoms with Crippen LogP contribution in [0.2, 0.25) is 10.0 Å². The van der Waals surface area contributed by atoms with Gasteiger partial charge in [-0.15, -0.1) is 11.3 Å². The first-order valence-electron chi connectivity index (χ1n) is 9.62. The molecule has 1 saturated heterocycles. The van der Waals surface area contributed by atoms with E-state index in [9.17, 15) is 14.7 Å². The summed E-state index contributed by atoms with van der Waals surface area (Å²) in [6, 6.07) is -0.295. The summed E-state index contributed by atoms with van der Waals surface area (Å²) >= 11 is 14.9. The van der Waals surface area contributed by atoms with Gasteiger partial charge < -0.3 is 25.0 Å². The van der Waals surface area contributed by atoms with E-state index in [0.29, 0.717) is 42.0 Å². The van der Waals surface area contributed by atoms with Crippen LogP contribution in [0.3, 0.4) is 0 Å². The molecule has 13 heteroatoms. The van der Waals surface area contributed by atoms with Crippen molar-refractivity contribution < 1.29 is 19.4 Å². The number of aromatic nitrogens is 3. The van der Waals surface area contributed by atoms with Crippen molar-refractivity contribution in [3.8, 4) is 0 Å². The van der Waals surface area contributed by atoms with Gasteiger partial charge in [0.15, 0.2) is 5.13 Å². The Bertz CT molecular complexity index is 1120. The number of aromatic amines is 1. The van der Waals surface area contributed by atoms with Crippen molar-refractivity contribution in [1.29, 1.82) is 0 Å². The Hall–Kier alpha value is -2.18. The molecule has 4 heterocycles. The summed E-state index contributed by atoms with van der Waals surface area (Å²) < 4.78 is 6.12. The lowest BCUT2D eigenvalue weighted by atomic mass is 10.0. The summed E-state index contributed by atoms with van der Waals surface area (Å²) in [7, 11) is 0. The number of halogens is 2. The van der Waals surface area contributed by atoms with Crippen LogP contribution in [0.15, 0.2) is 17.8 Å². The zero-order valence-electron chi connectivity index (χ0n) is 16.8. The molecule has 3 aromatic heterocycles. The number of H-pyrrole nitrogens is 1. The lowest BCUT2D eigenvalue weighted by Gasteiger charge is -2.38. The molecule has 3 aromatic rings. The van der Waals surface area contributed by atoms with E-state index < -0.39 is 5.97 Å². The molecule has 3 N–H and O–H groups in total. The highest BCUT2D eigenvalue weighted by Gasteiger charge is 2.34. The minimum Gasteiger partial charge on any atom is -0.477 e. The predicted molar refractivity (Wildman–Crippen MR) is 123 cm³/mol. The summed E-state index contributed by atoms with van der Waals surface area (Å²) in [6.45, 7) is 3.05. The van der Waals surface area contributed by atoms with E-state index in [4.69, 9.17) is 27.9 Å². The summed E-state index contributed by atoms with van der Waals surface area (Å²) in [5.41, 5.74) is 0.826. The number of nitrogens with one attached hydrogen (secondary N) is 2. The zero-order chi connectivity index (χ0) is 22.8. The van der Waals surface area contributed by atoms with Crippen molar-refractivity contribution >= 4 is 62.9 Å². The topological polar surface area (TPSA) is 120 Å². The molecule has 1 aliphatic heterocycles. The van der Waals surface area contributed by atoms with Gasteiger partial charge in [-0.05, 0) is 13.3 Å². The molecule has 1 aliphatic rings. The van der Waals surface area contributed by atoms with Crippen LogP contribution in [0.25, 0.3) is 0 Å². The number of carboxylic acids is 1. The Balaban J connectivity index is 1.50. The van der Waals surface area contributed by atoms with Crippen molar-refractivity contribution in [1.82, 2.24) is 20.3 Å². The SMILES string of the molecule is Cc1[nH]c(C(=O)NC2CCN(c3ncc(C(=O)O)s3)CC2OCc2nccs2)c(Cl)c1Cl. The first-order chi connectivity index (χ1) is 15.3. The smallest absolute Gasteiger partial charge is 0.347 e. The standard InChI is InChI=1S/C19H19Cl2N5O4S2/c1-9-14(20)15(21)16(24-9)17(27)25-10-2-4-26(19-23-6-12(32-19)18(28)29)7-11(10)30-8-13-22-3-5-31-13/h3,5-6,10-11,24H,2,4,7-8H2,1H3,(H,25,27)(H,28,29). The molecule has 0 saturated carbocycles. The number of hydrogen-bond acceptors (Lipinski definition) is 8. The fourth-order valence-electron chi connectivity index (χ4n) is 3.41. The number of carboxylic acid groups (broad SMARTS) is 1. The third-order valence-corrected chi connectivity index (χ3v) is 7.78. The summed E-state index contributed by atoms with van der Waals surface area (Å²) in [5.74, 6) is -1.38. The molecule has 0 spiro atoms. The van der Waals surface area contributed by atoms with Crippen LogP contribution in [0, 0.1) is 6.92 Å². The van der Waals surface area contributed by atoms with E-state index in [1.54, 1.807) is 13.1 Å². The van der Waals surface area contributed by atoms with Crippen LogP contribution in [-0.4, -0.2) is 57.2 Å². The summed E-state index contributed by atoms with van der Waals surface area (Å²) in [5, 5.41) is 16.0. The second-order valence-electron chi connectivity index (χ2n) is 7.16. The number of amides is 1. The molecule has 0 radical (unpaired) electrons. The number of hydrogen-bond donors (Lipinski definition) is 3. The highest BCUT2D eigenvalue weighted by molar-refractivity contribution is 7.17. The lowest BCUT2D eigenvalue weighted by Crippen LogP contribution is -2.55. The van der Waals surface area contributed by atoms with Crippen molar-refractivity contribution in [2.45, 2.75) is 32.1 Å². The van der Waals surface area contributed by atoms with Gasteiger partial charge in [0.2, 0.25) is 0 Å². The maximum atomic E-state index is 12.9.